The molecule has 2 aliphatic rings. The van der Waals surface area contributed by atoms with Crippen LogP contribution in [0.5, 0.6) is 0 Å². The highest BCUT2D eigenvalue weighted by atomic mass is 32.2. The molecule has 0 saturated heterocycles. The second-order valence-corrected chi connectivity index (χ2v) is 9.76. The molecule has 0 spiro atoms. The highest BCUT2D eigenvalue weighted by molar-refractivity contribution is 7.90. The van der Waals surface area contributed by atoms with Gasteiger partial charge in [-0.25, -0.2) is 9.52 Å². The molecule has 8 heteroatoms. The van der Waals surface area contributed by atoms with E-state index in [4.69, 9.17) is 0 Å². The summed E-state index contributed by atoms with van der Waals surface area (Å²) in [6, 6.07) is 12.6. The molecule has 2 N–H and O–H groups in total. The van der Waals surface area contributed by atoms with Gasteiger partial charge in [0.05, 0.1) is 6.54 Å². The van der Waals surface area contributed by atoms with Crippen LogP contribution in [0.2, 0.25) is 0 Å². The van der Waals surface area contributed by atoms with Crippen molar-refractivity contribution in [3.8, 4) is 0 Å². The first-order chi connectivity index (χ1) is 15.0. The minimum Gasteiger partial charge on any atom is -0.307 e. The number of aromatic nitrogens is 2. The Balaban J connectivity index is 1.32. The van der Waals surface area contributed by atoms with E-state index in [-0.39, 0.29) is 5.03 Å². The molecule has 3 aromatic rings. The molecular formula is C23H24N4O3S. The van der Waals surface area contributed by atoms with Crippen molar-refractivity contribution in [1.82, 2.24) is 14.5 Å². The zero-order valence-corrected chi connectivity index (χ0v) is 17.9. The van der Waals surface area contributed by atoms with Gasteiger partial charge in [0.25, 0.3) is 10.0 Å². The maximum Gasteiger partial charge on any atom is 0.333 e. The molecule has 2 amide bonds. The molecule has 0 fully saturated rings. The molecule has 2 aromatic carbocycles. The van der Waals surface area contributed by atoms with E-state index in [2.05, 4.69) is 21.2 Å². The van der Waals surface area contributed by atoms with Gasteiger partial charge in [-0.2, -0.15) is 13.5 Å². The molecule has 0 atom stereocenters. The summed E-state index contributed by atoms with van der Waals surface area (Å²) in [5, 5.41) is 6.81. The van der Waals surface area contributed by atoms with Crippen molar-refractivity contribution in [2.24, 2.45) is 0 Å². The van der Waals surface area contributed by atoms with Crippen molar-refractivity contribution in [2.75, 3.05) is 5.32 Å². The van der Waals surface area contributed by atoms with Gasteiger partial charge in [0.2, 0.25) is 0 Å². The van der Waals surface area contributed by atoms with E-state index in [9.17, 15) is 13.2 Å². The van der Waals surface area contributed by atoms with Crippen molar-refractivity contribution in [1.29, 1.82) is 0 Å². The van der Waals surface area contributed by atoms with E-state index in [0.29, 0.717) is 6.54 Å². The third-order valence-electron chi connectivity index (χ3n) is 6.02. The van der Waals surface area contributed by atoms with Crippen LogP contribution in [-0.2, 0) is 42.3 Å². The van der Waals surface area contributed by atoms with Gasteiger partial charge < -0.3 is 5.32 Å². The quantitative estimate of drug-likeness (QED) is 0.641. The molecule has 2 aliphatic carbocycles. The van der Waals surface area contributed by atoms with E-state index in [1.165, 1.54) is 17.2 Å². The van der Waals surface area contributed by atoms with Gasteiger partial charge in [0, 0.05) is 11.9 Å². The van der Waals surface area contributed by atoms with Crippen LogP contribution in [0.1, 0.15) is 40.7 Å². The first-order valence-electron chi connectivity index (χ1n) is 10.6. The van der Waals surface area contributed by atoms with Crippen LogP contribution < -0.4 is 10.0 Å². The summed E-state index contributed by atoms with van der Waals surface area (Å²) >= 11 is 0. The third kappa shape index (κ3) is 3.95. The number of amides is 2. The van der Waals surface area contributed by atoms with Crippen LogP contribution >= 0.6 is 0 Å². The minimum atomic E-state index is -4.07. The average Bonchev–Trinajstić information content (AvgIpc) is 3.48. The Morgan fingerprint density at radius 1 is 0.968 bits per heavy atom. The van der Waals surface area contributed by atoms with Gasteiger partial charge in [-0.1, -0.05) is 36.4 Å². The summed E-state index contributed by atoms with van der Waals surface area (Å²) in [6.45, 7) is 0.449. The topological polar surface area (TPSA) is 93.1 Å². The smallest absolute Gasteiger partial charge is 0.307 e. The van der Waals surface area contributed by atoms with Crippen LogP contribution in [0.4, 0.5) is 10.5 Å². The van der Waals surface area contributed by atoms with E-state index >= 15 is 0 Å². The fraction of sp³-hybridized carbons (Fsp3) is 0.304. The van der Waals surface area contributed by atoms with E-state index in [1.54, 1.807) is 10.9 Å². The molecule has 31 heavy (non-hydrogen) atoms. The number of nitrogens with zero attached hydrogens (tertiary/aromatic N) is 2. The summed E-state index contributed by atoms with van der Waals surface area (Å²) < 4.78 is 29.1. The van der Waals surface area contributed by atoms with Crippen molar-refractivity contribution in [3.63, 3.8) is 0 Å². The zero-order valence-electron chi connectivity index (χ0n) is 17.1. The summed E-state index contributed by atoms with van der Waals surface area (Å²) in [4.78, 5) is 12.7. The number of hydrogen-bond donors (Lipinski definition) is 2. The molecule has 5 rings (SSSR count). The third-order valence-corrected chi connectivity index (χ3v) is 7.24. The van der Waals surface area contributed by atoms with Gasteiger partial charge in [0.1, 0.15) is 0 Å². The average molecular weight is 437 g/mol. The lowest BCUT2D eigenvalue weighted by atomic mass is 9.99. The van der Waals surface area contributed by atoms with Crippen LogP contribution in [0.3, 0.4) is 0 Å². The molecule has 0 saturated carbocycles. The standard InChI is InChI=1S/C23H24N4O3S/c28-23(24-22-19-10-4-8-17(19)14-18-9-5-11-20(18)22)26-31(29,30)21-12-13-27(25-21)15-16-6-2-1-3-7-16/h1-3,6-7,12-14H,4-5,8-11,15H2,(H2,24,26,28). The number of nitrogens with one attached hydrogen (secondary N) is 2. The summed E-state index contributed by atoms with van der Waals surface area (Å²) in [5.74, 6) is 0. The number of carbonyl (C=O) groups excluding carboxylic acids is 1. The highest BCUT2D eigenvalue weighted by Crippen LogP contribution is 2.38. The lowest BCUT2D eigenvalue weighted by Crippen LogP contribution is -2.35. The lowest BCUT2D eigenvalue weighted by Gasteiger charge is -2.16. The minimum absolute atomic E-state index is 0.179. The largest absolute Gasteiger partial charge is 0.333 e. The molecule has 0 bridgehead atoms. The van der Waals surface area contributed by atoms with Crippen LogP contribution in [-0.4, -0.2) is 24.2 Å². The van der Waals surface area contributed by atoms with Crippen LogP contribution in [0.25, 0.3) is 0 Å². The lowest BCUT2D eigenvalue weighted by molar-refractivity contribution is 0.256. The number of anilines is 1. The van der Waals surface area contributed by atoms with Gasteiger partial charge in [-0.15, -0.1) is 0 Å². The number of benzene rings is 2. The predicted octanol–water partition coefficient (Wildman–Crippen LogP) is 3.42. The maximum atomic E-state index is 12.7. The second kappa shape index (κ2) is 7.85. The van der Waals surface area contributed by atoms with Crippen LogP contribution in [0.15, 0.2) is 53.7 Å². The Kier molecular flexibility index (Phi) is 5.02. The van der Waals surface area contributed by atoms with Crippen LogP contribution in [0, 0.1) is 0 Å². The molecule has 7 nitrogen and oxygen atoms in total. The number of hydrogen-bond acceptors (Lipinski definition) is 4. The fourth-order valence-corrected chi connectivity index (χ4v) is 5.48. The number of urea groups is 1. The highest BCUT2D eigenvalue weighted by Gasteiger charge is 2.27. The number of fused-ring (bicyclic) bond motifs is 2. The summed E-state index contributed by atoms with van der Waals surface area (Å²) in [6.07, 6.45) is 7.56. The molecule has 0 radical (unpaired) electrons. The number of aryl methyl sites for hydroxylation is 2. The van der Waals surface area contributed by atoms with Crippen molar-refractivity contribution < 1.29 is 13.2 Å². The monoisotopic (exact) mass is 436 g/mol. The Bertz CT molecular complexity index is 1220. The van der Waals surface area contributed by atoms with Gasteiger partial charge >= 0.3 is 6.03 Å². The van der Waals surface area contributed by atoms with E-state index in [0.717, 1.165) is 60.9 Å². The van der Waals surface area contributed by atoms with E-state index < -0.39 is 16.1 Å². The molecule has 0 aliphatic heterocycles. The molecule has 0 unspecified atom stereocenters. The zero-order chi connectivity index (χ0) is 21.4. The maximum absolute atomic E-state index is 12.7. The van der Waals surface area contributed by atoms with Gasteiger partial charge in [-0.3, -0.25) is 4.68 Å². The summed E-state index contributed by atoms with van der Waals surface area (Å²) in [5.41, 5.74) is 6.68. The normalized spacial score (nSPS) is 14.8. The molecular weight excluding hydrogens is 412 g/mol. The Morgan fingerprint density at radius 2 is 1.65 bits per heavy atom. The molecule has 1 heterocycles. The number of rotatable bonds is 5. The predicted molar refractivity (Wildman–Crippen MR) is 118 cm³/mol. The first-order valence-corrected chi connectivity index (χ1v) is 12.1. The van der Waals surface area contributed by atoms with Crippen molar-refractivity contribution >= 4 is 21.7 Å². The second-order valence-electron chi connectivity index (χ2n) is 8.13. The Labute approximate surface area is 181 Å². The number of sulfonamides is 1. The number of carbonyl (C=O) groups is 1. The Morgan fingerprint density at radius 3 is 2.32 bits per heavy atom. The Hall–Kier alpha value is -3.13. The molecule has 1 aromatic heterocycles. The van der Waals surface area contributed by atoms with Gasteiger partial charge in [0.15, 0.2) is 5.03 Å². The van der Waals surface area contributed by atoms with Crippen molar-refractivity contribution in [3.05, 3.63) is 76.5 Å². The SMILES string of the molecule is O=C(Nc1c2c(cc3c1CCC3)CCC2)NS(=O)(=O)c1ccn(Cc2ccccc2)n1. The fourth-order valence-electron chi connectivity index (χ4n) is 4.63. The van der Waals surface area contributed by atoms with E-state index in [1.807, 2.05) is 30.3 Å². The molecule has 160 valence electrons. The first kappa shape index (κ1) is 19.8. The van der Waals surface area contributed by atoms with Crippen molar-refractivity contribution in [2.45, 2.75) is 50.1 Å². The summed E-state index contributed by atoms with van der Waals surface area (Å²) in [7, 11) is -4.07. The van der Waals surface area contributed by atoms with Gasteiger partial charge in [-0.05, 0) is 72.4 Å².